The van der Waals surface area contributed by atoms with Crippen LogP contribution in [0.15, 0.2) is 34.0 Å². The van der Waals surface area contributed by atoms with Crippen molar-refractivity contribution in [3.63, 3.8) is 0 Å². The van der Waals surface area contributed by atoms with E-state index in [4.69, 9.17) is 0 Å². The van der Waals surface area contributed by atoms with Gasteiger partial charge in [-0.05, 0) is 53.6 Å². The van der Waals surface area contributed by atoms with E-state index >= 15 is 0 Å². The van der Waals surface area contributed by atoms with Crippen LogP contribution in [0.25, 0.3) is 5.65 Å². The highest BCUT2D eigenvalue weighted by atomic mass is 127. The molecule has 0 radical (unpaired) electrons. The summed E-state index contributed by atoms with van der Waals surface area (Å²) in [6.45, 7) is 3.92. The molecule has 24 heavy (non-hydrogen) atoms. The van der Waals surface area contributed by atoms with Crippen LogP contribution in [0.4, 0.5) is 0 Å². The summed E-state index contributed by atoms with van der Waals surface area (Å²) in [7, 11) is 1.81. The lowest BCUT2D eigenvalue weighted by Crippen LogP contribution is -2.43. The standard InChI is InChI=1S/C16H22BrN5S.HI/c1-16(6-3-7-23-16)11-20-15(18-2)19-8-13-10-22-9-12(17)4-5-14(22)21-13;/h4-5,9-10H,3,6-8,11H2,1-2H3,(H2,18,19,20);1H. The number of aromatic nitrogens is 2. The zero-order valence-corrected chi connectivity index (χ0v) is 18.6. The molecule has 1 fully saturated rings. The van der Waals surface area contributed by atoms with Crippen LogP contribution in [0, 0.1) is 0 Å². The molecule has 0 aliphatic carbocycles. The number of fused-ring (bicyclic) bond motifs is 1. The average Bonchev–Trinajstić information content (AvgIpc) is 3.13. The van der Waals surface area contributed by atoms with Gasteiger partial charge in [0.25, 0.3) is 0 Å². The predicted octanol–water partition coefficient (Wildman–Crippen LogP) is 3.67. The lowest BCUT2D eigenvalue weighted by atomic mass is 10.1. The van der Waals surface area contributed by atoms with Crippen LogP contribution in [0.3, 0.4) is 0 Å². The number of imidazole rings is 1. The number of pyridine rings is 1. The molecule has 132 valence electrons. The summed E-state index contributed by atoms with van der Waals surface area (Å²) in [4.78, 5) is 8.91. The second kappa shape index (κ2) is 8.75. The minimum Gasteiger partial charge on any atom is -0.355 e. The predicted molar refractivity (Wildman–Crippen MR) is 117 cm³/mol. The van der Waals surface area contributed by atoms with Gasteiger partial charge >= 0.3 is 0 Å². The van der Waals surface area contributed by atoms with Gasteiger partial charge in [-0.25, -0.2) is 4.98 Å². The van der Waals surface area contributed by atoms with Gasteiger partial charge in [0, 0.05) is 35.2 Å². The first kappa shape index (κ1) is 19.8. The van der Waals surface area contributed by atoms with Gasteiger partial charge < -0.3 is 15.0 Å². The summed E-state index contributed by atoms with van der Waals surface area (Å²) >= 11 is 5.53. The van der Waals surface area contributed by atoms with Crippen LogP contribution in [0.1, 0.15) is 25.5 Å². The van der Waals surface area contributed by atoms with Crippen LogP contribution in [0.5, 0.6) is 0 Å². The van der Waals surface area contributed by atoms with Crippen LogP contribution >= 0.6 is 51.7 Å². The molecule has 2 aromatic heterocycles. The molecule has 1 saturated heterocycles. The van der Waals surface area contributed by atoms with Gasteiger partial charge in [-0.2, -0.15) is 11.8 Å². The maximum absolute atomic E-state index is 4.60. The zero-order valence-electron chi connectivity index (χ0n) is 13.9. The van der Waals surface area contributed by atoms with E-state index in [1.165, 1.54) is 18.6 Å². The third-order valence-corrected chi connectivity index (χ3v) is 6.06. The Labute approximate surface area is 172 Å². The fraction of sp³-hybridized carbons (Fsp3) is 0.500. The Morgan fingerprint density at radius 3 is 2.96 bits per heavy atom. The summed E-state index contributed by atoms with van der Waals surface area (Å²) in [6.07, 6.45) is 6.63. The molecule has 1 unspecified atom stereocenters. The van der Waals surface area contributed by atoms with Gasteiger partial charge in [0.15, 0.2) is 5.96 Å². The van der Waals surface area contributed by atoms with E-state index in [2.05, 4.69) is 55.2 Å². The number of hydrogen-bond donors (Lipinski definition) is 2. The summed E-state index contributed by atoms with van der Waals surface area (Å²) in [5.74, 6) is 2.10. The van der Waals surface area contributed by atoms with Gasteiger partial charge in [0.05, 0.1) is 12.2 Å². The van der Waals surface area contributed by atoms with Crippen molar-refractivity contribution in [1.82, 2.24) is 20.0 Å². The second-order valence-corrected chi connectivity index (χ2v) is 8.62. The first-order valence-corrected chi connectivity index (χ1v) is 9.57. The van der Waals surface area contributed by atoms with Gasteiger partial charge in [0.2, 0.25) is 0 Å². The highest BCUT2D eigenvalue weighted by Gasteiger charge is 2.29. The smallest absolute Gasteiger partial charge is 0.191 e. The molecular weight excluding hydrogens is 501 g/mol. The topological polar surface area (TPSA) is 53.7 Å². The first-order valence-electron chi connectivity index (χ1n) is 7.80. The number of hydrogen-bond acceptors (Lipinski definition) is 3. The third-order valence-electron chi connectivity index (χ3n) is 4.06. The summed E-state index contributed by atoms with van der Waals surface area (Å²) in [6, 6.07) is 4.00. The first-order chi connectivity index (χ1) is 11.1. The molecule has 1 aliphatic rings. The van der Waals surface area contributed by atoms with Crippen molar-refractivity contribution in [2.75, 3.05) is 19.3 Å². The summed E-state index contributed by atoms with van der Waals surface area (Å²) in [5, 5.41) is 6.79. The molecule has 2 N–H and O–H groups in total. The highest BCUT2D eigenvalue weighted by Crippen LogP contribution is 2.36. The Hall–Kier alpha value is -0.480. The fourth-order valence-corrected chi connectivity index (χ4v) is 4.34. The van der Waals surface area contributed by atoms with E-state index < -0.39 is 0 Å². The normalized spacial score (nSPS) is 20.9. The minimum absolute atomic E-state index is 0. The molecule has 1 aliphatic heterocycles. The Morgan fingerprint density at radius 1 is 1.42 bits per heavy atom. The van der Waals surface area contributed by atoms with Gasteiger partial charge in [-0.3, -0.25) is 4.99 Å². The number of nitrogens with zero attached hydrogens (tertiary/aromatic N) is 3. The fourth-order valence-electron chi connectivity index (χ4n) is 2.74. The maximum atomic E-state index is 4.60. The number of rotatable bonds is 4. The highest BCUT2D eigenvalue weighted by molar-refractivity contribution is 14.0. The van der Waals surface area contributed by atoms with E-state index in [1.54, 1.807) is 7.05 Å². The van der Waals surface area contributed by atoms with E-state index in [1.807, 2.05) is 28.9 Å². The largest absolute Gasteiger partial charge is 0.355 e. The molecule has 0 spiro atoms. The van der Waals surface area contributed by atoms with Gasteiger partial charge in [0.1, 0.15) is 5.65 Å². The third kappa shape index (κ3) is 5.01. The monoisotopic (exact) mass is 523 g/mol. The van der Waals surface area contributed by atoms with E-state index in [-0.39, 0.29) is 24.0 Å². The van der Waals surface area contributed by atoms with Crippen LogP contribution in [-0.2, 0) is 6.54 Å². The zero-order chi connectivity index (χ0) is 16.3. The van der Waals surface area contributed by atoms with Crippen molar-refractivity contribution >= 4 is 63.3 Å². The number of aliphatic imine (C=N–C) groups is 1. The van der Waals surface area contributed by atoms with E-state index in [0.717, 1.165) is 28.3 Å². The average molecular weight is 524 g/mol. The molecule has 3 heterocycles. The Balaban J connectivity index is 0.00000208. The van der Waals surface area contributed by atoms with Crippen molar-refractivity contribution in [2.45, 2.75) is 31.1 Å². The lowest BCUT2D eigenvalue weighted by Gasteiger charge is -2.24. The van der Waals surface area contributed by atoms with Crippen molar-refractivity contribution in [2.24, 2.45) is 4.99 Å². The van der Waals surface area contributed by atoms with Crippen LogP contribution in [-0.4, -0.2) is 39.4 Å². The quantitative estimate of drug-likeness (QED) is 0.365. The van der Waals surface area contributed by atoms with Crippen LogP contribution < -0.4 is 10.6 Å². The summed E-state index contributed by atoms with van der Waals surface area (Å²) < 4.78 is 3.39. The number of halogens is 2. The molecule has 0 amide bonds. The number of nitrogens with one attached hydrogen (secondary N) is 2. The molecule has 8 heteroatoms. The van der Waals surface area contributed by atoms with Gasteiger partial charge in [-0.1, -0.05) is 0 Å². The van der Waals surface area contributed by atoms with Crippen molar-refractivity contribution < 1.29 is 0 Å². The minimum atomic E-state index is 0. The van der Waals surface area contributed by atoms with Crippen molar-refractivity contribution in [1.29, 1.82) is 0 Å². The summed E-state index contributed by atoms with van der Waals surface area (Å²) in [5.41, 5.74) is 1.94. The van der Waals surface area contributed by atoms with Crippen molar-refractivity contribution in [3.8, 4) is 0 Å². The van der Waals surface area contributed by atoms with Gasteiger partial charge in [-0.15, -0.1) is 24.0 Å². The SMILES string of the molecule is CN=C(NCc1cn2cc(Br)ccc2n1)NCC1(C)CCCS1.I. The van der Waals surface area contributed by atoms with Crippen LogP contribution in [0.2, 0.25) is 0 Å². The van der Waals surface area contributed by atoms with E-state index in [9.17, 15) is 0 Å². The number of guanidine groups is 1. The lowest BCUT2D eigenvalue weighted by molar-refractivity contribution is 0.584. The molecule has 0 bridgehead atoms. The number of thioether (sulfide) groups is 1. The maximum Gasteiger partial charge on any atom is 0.191 e. The Morgan fingerprint density at radius 2 is 2.25 bits per heavy atom. The molecular formula is C16H23BrIN5S. The Kier molecular flexibility index (Phi) is 7.23. The molecule has 0 saturated carbocycles. The second-order valence-electron chi connectivity index (χ2n) is 6.03. The molecule has 2 aromatic rings. The Bertz CT molecular complexity index is 712. The molecule has 5 nitrogen and oxygen atoms in total. The molecule has 0 aromatic carbocycles. The van der Waals surface area contributed by atoms with E-state index in [0.29, 0.717) is 11.3 Å². The molecule has 3 rings (SSSR count). The van der Waals surface area contributed by atoms with Crippen molar-refractivity contribution in [3.05, 3.63) is 34.7 Å². The molecule has 1 atom stereocenters.